The fourth-order valence-corrected chi connectivity index (χ4v) is 4.55. The molecule has 0 aromatic heterocycles. The summed E-state index contributed by atoms with van der Waals surface area (Å²) in [5.41, 5.74) is 4.48. The predicted octanol–water partition coefficient (Wildman–Crippen LogP) is 6.74. The minimum absolute atomic E-state index is 0.150. The molecular weight excluding hydrogens is 392 g/mol. The van der Waals surface area contributed by atoms with E-state index in [0.29, 0.717) is 5.02 Å². The Hall–Kier alpha value is -3.30. The van der Waals surface area contributed by atoms with Gasteiger partial charge in [0, 0.05) is 22.6 Å². The number of hydrogen-bond acceptors (Lipinski definition) is 3. The molecule has 2 aliphatic rings. The highest BCUT2D eigenvalue weighted by Crippen LogP contribution is 2.47. The van der Waals surface area contributed by atoms with Gasteiger partial charge in [-0.1, -0.05) is 78.3 Å². The Labute approximate surface area is 180 Å². The molecule has 0 saturated carbocycles. The highest BCUT2D eigenvalue weighted by atomic mass is 35.5. The molecule has 0 amide bonds. The summed E-state index contributed by atoms with van der Waals surface area (Å²) in [7, 11) is 0. The van der Waals surface area contributed by atoms with E-state index >= 15 is 0 Å². The Bertz CT molecular complexity index is 1280. The maximum absolute atomic E-state index is 6.40. The highest BCUT2D eigenvalue weighted by Gasteiger charge is 2.40. The van der Waals surface area contributed by atoms with Crippen LogP contribution in [0.1, 0.15) is 35.4 Å². The van der Waals surface area contributed by atoms with Gasteiger partial charge in [-0.05, 0) is 40.6 Å². The Kier molecular flexibility index (Phi) is 4.03. The monoisotopic (exact) mass is 410 g/mol. The van der Waals surface area contributed by atoms with Gasteiger partial charge in [0.05, 0.1) is 11.8 Å². The van der Waals surface area contributed by atoms with Crippen molar-refractivity contribution in [2.24, 2.45) is 5.10 Å². The lowest BCUT2D eigenvalue weighted by molar-refractivity contribution is -0.0190. The average Bonchev–Trinajstić information content (AvgIpc) is 3.25. The molecule has 4 aromatic rings. The largest absolute Gasteiger partial charge is 0.464 e. The van der Waals surface area contributed by atoms with Gasteiger partial charge < -0.3 is 4.74 Å². The van der Waals surface area contributed by atoms with E-state index in [1.54, 1.807) is 0 Å². The van der Waals surface area contributed by atoms with Crippen LogP contribution in [0.2, 0.25) is 5.02 Å². The van der Waals surface area contributed by atoms with Crippen LogP contribution in [-0.4, -0.2) is 10.7 Å². The minimum atomic E-state index is -0.278. The zero-order chi connectivity index (χ0) is 20.1. The molecule has 4 aromatic carbocycles. The summed E-state index contributed by atoms with van der Waals surface area (Å²) in [6.45, 7) is 0. The molecule has 2 aliphatic heterocycles. The van der Waals surface area contributed by atoms with Crippen molar-refractivity contribution in [1.29, 1.82) is 0 Å². The van der Waals surface area contributed by atoms with Crippen molar-refractivity contribution in [1.82, 2.24) is 5.01 Å². The maximum Gasteiger partial charge on any atom is 0.213 e. The molecule has 3 nitrogen and oxygen atoms in total. The standard InChI is InChI=1S/C26H19ClN2O/c27-21-13-11-18(12-14-21)26-29-24(22-7-3-4-8-25(22)30-26)16-23(28-29)20-10-9-17-5-1-2-6-19(17)15-20/h1-15,24,26H,16H2/t24-,26+/m0/s1. The molecule has 4 heteroatoms. The summed E-state index contributed by atoms with van der Waals surface area (Å²) in [5.74, 6) is 0.925. The molecule has 0 unspecified atom stereocenters. The number of halogens is 1. The summed E-state index contributed by atoms with van der Waals surface area (Å²) in [4.78, 5) is 0. The third kappa shape index (κ3) is 2.86. The van der Waals surface area contributed by atoms with Crippen LogP contribution in [0.5, 0.6) is 5.75 Å². The molecule has 146 valence electrons. The van der Waals surface area contributed by atoms with E-state index in [2.05, 4.69) is 59.6 Å². The fraction of sp³-hybridized carbons (Fsp3) is 0.115. The molecule has 0 radical (unpaired) electrons. The van der Waals surface area contributed by atoms with Gasteiger partial charge in [-0.25, -0.2) is 5.01 Å². The van der Waals surface area contributed by atoms with Gasteiger partial charge in [-0.3, -0.25) is 0 Å². The summed E-state index contributed by atoms with van der Waals surface area (Å²) < 4.78 is 6.40. The van der Waals surface area contributed by atoms with Crippen LogP contribution in [0.4, 0.5) is 0 Å². The third-order valence-corrected chi connectivity index (χ3v) is 6.19. The van der Waals surface area contributed by atoms with E-state index < -0.39 is 0 Å². The zero-order valence-electron chi connectivity index (χ0n) is 16.2. The predicted molar refractivity (Wildman–Crippen MR) is 121 cm³/mol. The van der Waals surface area contributed by atoms with Crippen molar-refractivity contribution < 1.29 is 4.74 Å². The number of ether oxygens (including phenoxy) is 1. The van der Waals surface area contributed by atoms with Crippen LogP contribution in [0.15, 0.2) is 96.1 Å². The molecule has 2 heterocycles. The Balaban J connectivity index is 1.44. The number of nitrogens with zero attached hydrogens (tertiary/aromatic N) is 2. The van der Waals surface area contributed by atoms with Crippen LogP contribution >= 0.6 is 11.6 Å². The lowest BCUT2D eigenvalue weighted by Crippen LogP contribution is -2.33. The Morgan fingerprint density at radius 1 is 0.833 bits per heavy atom. The first-order valence-electron chi connectivity index (χ1n) is 10.1. The normalized spacial score (nSPS) is 19.8. The first-order chi connectivity index (χ1) is 14.8. The summed E-state index contributed by atoms with van der Waals surface area (Å²) in [5, 5.41) is 10.4. The van der Waals surface area contributed by atoms with Crippen LogP contribution in [0.25, 0.3) is 10.8 Å². The third-order valence-electron chi connectivity index (χ3n) is 5.94. The molecule has 0 saturated heterocycles. The molecule has 0 bridgehead atoms. The van der Waals surface area contributed by atoms with Crippen molar-refractivity contribution >= 4 is 28.1 Å². The second-order valence-corrected chi connectivity index (χ2v) is 8.20. The Morgan fingerprint density at radius 2 is 1.60 bits per heavy atom. The molecule has 30 heavy (non-hydrogen) atoms. The molecule has 6 rings (SSSR count). The molecule has 0 spiro atoms. The summed E-state index contributed by atoms with van der Waals surface area (Å²) in [6.07, 6.45) is 0.572. The lowest BCUT2D eigenvalue weighted by atomic mass is 9.95. The van der Waals surface area contributed by atoms with Crippen LogP contribution < -0.4 is 4.74 Å². The van der Waals surface area contributed by atoms with Crippen molar-refractivity contribution in [2.45, 2.75) is 18.7 Å². The number of para-hydroxylation sites is 1. The first kappa shape index (κ1) is 17.5. The van der Waals surface area contributed by atoms with E-state index in [-0.39, 0.29) is 12.3 Å². The molecule has 0 fully saturated rings. The smallest absolute Gasteiger partial charge is 0.213 e. The van der Waals surface area contributed by atoms with Crippen LogP contribution in [0.3, 0.4) is 0 Å². The van der Waals surface area contributed by atoms with Gasteiger partial charge in [-0.15, -0.1) is 0 Å². The van der Waals surface area contributed by atoms with Crippen molar-refractivity contribution in [3.63, 3.8) is 0 Å². The minimum Gasteiger partial charge on any atom is -0.464 e. The van der Waals surface area contributed by atoms with Crippen molar-refractivity contribution in [3.8, 4) is 5.75 Å². The van der Waals surface area contributed by atoms with Gasteiger partial charge in [0.1, 0.15) is 5.75 Å². The van der Waals surface area contributed by atoms with Crippen molar-refractivity contribution in [3.05, 3.63) is 113 Å². The molecule has 2 atom stereocenters. The average molecular weight is 411 g/mol. The van der Waals surface area contributed by atoms with Gasteiger partial charge in [0.15, 0.2) is 0 Å². The quantitative estimate of drug-likeness (QED) is 0.365. The van der Waals surface area contributed by atoms with Crippen LogP contribution in [-0.2, 0) is 0 Å². The van der Waals surface area contributed by atoms with E-state index in [1.807, 2.05) is 36.4 Å². The van der Waals surface area contributed by atoms with E-state index in [1.165, 1.54) is 16.3 Å². The van der Waals surface area contributed by atoms with Gasteiger partial charge >= 0.3 is 0 Å². The summed E-state index contributed by atoms with van der Waals surface area (Å²) in [6, 6.07) is 31.3. The van der Waals surface area contributed by atoms with E-state index in [0.717, 1.165) is 29.0 Å². The summed E-state index contributed by atoms with van der Waals surface area (Å²) >= 11 is 6.11. The number of benzene rings is 4. The fourth-order valence-electron chi connectivity index (χ4n) is 4.42. The SMILES string of the molecule is Clc1ccc([C@H]2Oc3ccccc3[C@@H]3CC(c4ccc5ccccc5c4)=NN23)cc1. The second kappa shape index (κ2) is 6.89. The first-order valence-corrected chi connectivity index (χ1v) is 10.5. The van der Waals surface area contributed by atoms with Gasteiger partial charge in [-0.2, -0.15) is 5.10 Å². The van der Waals surface area contributed by atoms with Crippen molar-refractivity contribution in [2.75, 3.05) is 0 Å². The number of hydrogen-bond donors (Lipinski definition) is 0. The topological polar surface area (TPSA) is 24.8 Å². The van der Waals surface area contributed by atoms with E-state index in [4.69, 9.17) is 21.4 Å². The number of fused-ring (bicyclic) bond motifs is 4. The zero-order valence-corrected chi connectivity index (χ0v) is 17.0. The van der Waals surface area contributed by atoms with E-state index in [9.17, 15) is 0 Å². The van der Waals surface area contributed by atoms with Gasteiger partial charge in [0.2, 0.25) is 6.23 Å². The molecular formula is C26H19ClN2O. The van der Waals surface area contributed by atoms with Gasteiger partial charge in [0.25, 0.3) is 0 Å². The Morgan fingerprint density at radius 3 is 2.47 bits per heavy atom. The van der Waals surface area contributed by atoms with Crippen LogP contribution in [0, 0.1) is 0 Å². The molecule has 0 aliphatic carbocycles. The lowest BCUT2D eigenvalue weighted by Gasteiger charge is -2.38. The second-order valence-electron chi connectivity index (χ2n) is 7.77. The molecule has 0 N–H and O–H groups in total. The highest BCUT2D eigenvalue weighted by molar-refractivity contribution is 6.30. The number of rotatable bonds is 2. The number of hydrazone groups is 1. The maximum atomic E-state index is 6.40.